The zero-order valence-electron chi connectivity index (χ0n) is 5.46. The molecule has 0 fully saturated rings. The molecule has 0 aliphatic carbocycles. The van der Waals surface area contributed by atoms with Gasteiger partial charge in [0.15, 0.2) is 0 Å². The zero-order valence-corrected chi connectivity index (χ0v) is 5.46. The molecule has 0 spiro atoms. The molecule has 46 valence electrons. The van der Waals surface area contributed by atoms with Gasteiger partial charge in [0, 0.05) is 19.7 Å². The van der Waals surface area contributed by atoms with Crippen LogP contribution in [0.1, 0.15) is 19.8 Å². The molecule has 1 aliphatic heterocycles. The Labute approximate surface area is 50.2 Å². The molecule has 1 rings (SSSR count). The van der Waals surface area contributed by atoms with Crippen molar-refractivity contribution in [2.45, 2.75) is 25.8 Å². The standard InChI is InChI=1S/C6H12N2/c1-3-6-4-5-7-8(6)2/h5-6H,3-4H2,1-2H3/t6-/m1/s1. The van der Waals surface area contributed by atoms with E-state index < -0.39 is 0 Å². The van der Waals surface area contributed by atoms with E-state index in [4.69, 9.17) is 0 Å². The van der Waals surface area contributed by atoms with Crippen molar-refractivity contribution in [1.29, 1.82) is 0 Å². The van der Waals surface area contributed by atoms with E-state index in [2.05, 4.69) is 12.0 Å². The second-order valence-corrected chi connectivity index (χ2v) is 2.17. The molecular weight excluding hydrogens is 100 g/mol. The van der Waals surface area contributed by atoms with Crippen molar-refractivity contribution in [3.05, 3.63) is 0 Å². The van der Waals surface area contributed by atoms with Gasteiger partial charge in [0.05, 0.1) is 6.04 Å². The van der Waals surface area contributed by atoms with Crippen molar-refractivity contribution in [2.24, 2.45) is 5.10 Å². The Kier molecular flexibility index (Phi) is 1.51. The van der Waals surface area contributed by atoms with Gasteiger partial charge in [-0.1, -0.05) is 6.92 Å². The highest BCUT2D eigenvalue weighted by atomic mass is 15.5. The van der Waals surface area contributed by atoms with Crippen LogP contribution in [0.15, 0.2) is 5.10 Å². The second kappa shape index (κ2) is 2.16. The summed E-state index contributed by atoms with van der Waals surface area (Å²) in [5, 5.41) is 6.12. The lowest BCUT2D eigenvalue weighted by Gasteiger charge is -2.15. The predicted octanol–water partition coefficient (Wildman–Crippen LogP) is 1.09. The van der Waals surface area contributed by atoms with Crippen LogP contribution in [0.2, 0.25) is 0 Å². The summed E-state index contributed by atoms with van der Waals surface area (Å²) in [5.74, 6) is 0. The Balaban J connectivity index is 2.38. The van der Waals surface area contributed by atoms with Crippen LogP contribution in [-0.4, -0.2) is 24.3 Å². The van der Waals surface area contributed by atoms with Crippen LogP contribution in [0.3, 0.4) is 0 Å². The maximum Gasteiger partial charge on any atom is 0.0514 e. The molecule has 0 N–H and O–H groups in total. The Bertz CT molecular complexity index is 98.7. The molecule has 0 radical (unpaired) electrons. The smallest absolute Gasteiger partial charge is 0.0514 e. The predicted molar refractivity (Wildman–Crippen MR) is 35.0 cm³/mol. The highest BCUT2D eigenvalue weighted by molar-refractivity contribution is 5.59. The first-order chi connectivity index (χ1) is 3.84. The second-order valence-electron chi connectivity index (χ2n) is 2.17. The van der Waals surface area contributed by atoms with E-state index in [1.807, 2.05) is 18.3 Å². The molecule has 0 aromatic rings. The Hall–Kier alpha value is -0.530. The monoisotopic (exact) mass is 112 g/mol. The Morgan fingerprint density at radius 3 is 2.88 bits per heavy atom. The average molecular weight is 112 g/mol. The van der Waals surface area contributed by atoms with E-state index in [1.165, 1.54) is 6.42 Å². The van der Waals surface area contributed by atoms with Gasteiger partial charge in [-0.25, -0.2) is 0 Å². The van der Waals surface area contributed by atoms with Gasteiger partial charge < -0.3 is 0 Å². The van der Waals surface area contributed by atoms with Crippen molar-refractivity contribution in [3.63, 3.8) is 0 Å². The van der Waals surface area contributed by atoms with Gasteiger partial charge in [-0.15, -0.1) is 0 Å². The molecular formula is C6H12N2. The number of hydrazone groups is 1. The van der Waals surface area contributed by atoms with Gasteiger partial charge in [0.1, 0.15) is 0 Å². The molecule has 8 heavy (non-hydrogen) atoms. The minimum atomic E-state index is 0.676. The maximum absolute atomic E-state index is 4.10. The third-order valence-electron chi connectivity index (χ3n) is 1.64. The van der Waals surface area contributed by atoms with Gasteiger partial charge in [-0.2, -0.15) is 5.10 Å². The third-order valence-corrected chi connectivity index (χ3v) is 1.64. The van der Waals surface area contributed by atoms with Gasteiger partial charge in [0.2, 0.25) is 0 Å². The summed E-state index contributed by atoms with van der Waals surface area (Å²) >= 11 is 0. The fourth-order valence-electron chi connectivity index (χ4n) is 0.975. The summed E-state index contributed by atoms with van der Waals surface area (Å²) in [7, 11) is 2.03. The molecule has 0 bridgehead atoms. The first kappa shape index (κ1) is 5.60. The SMILES string of the molecule is CC[C@@H]1CC=NN1C. The zero-order chi connectivity index (χ0) is 5.98. The first-order valence-electron chi connectivity index (χ1n) is 3.10. The van der Waals surface area contributed by atoms with Crippen molar-refractivity contribution in [1.82, 2.24) is 5.01 Å². The molecule has 1 aliphatic rings. The van der Waals surface area contributed by atoms with Crippen molar-refractivity contribution in [2.75, 3.05) is 7.05 Å². The van der Waals surface area contributed by atoms with E-state index in [9.17, 15) is 0 Å². The van der Waals surface area contributed by atoms with Crippen LogP contribution in [0.25, 0.3) is 0 Å². The lowest BCUT2D eigenvalue weighted by molar-refractivity contribution is 0.278. The molecule has 2 heteroatoms. The normalized spacial score (nSPS) is 27.2. The highest BCUT2D eigenvalue weighted by Crippen LogP contribution is 2.10. The maximum atomic E-state index is 4.10. The number of hydrogen-bond acceptors (Lipinski definition) is 2. The van der Waals surface area contributed by atoms with Crippen LogP contribution >= 0.6 is 0 Å². The summed E-state index contributed by atoms with van der Waals surface area (Å²) in [4.78, 5) is 0. The Morgan fingerprint density at radius 2 is 2.62 bits per heavy atom. The summed E-state index contributed by atoms with van der Waals surface area (Å²) in [6, 6.07) is 0.676. The molecule has 1 heterocycles. The average Bonchev–Trinajstić information content (AvgIpc) is 2.14. The molecule has 0 saturated carbocycles. The van der Waals surface area contributed by atoms with Crippen molar-refractivity contribution < 1.29 is 0 Å². The van der Waals surface area contributed by atoms with Crippen molar-refractivity contribution in [3.8, 4) is 0 Å². The van der Waals surface area contributed by atoms with Crippen LogP contribution < -0.4 is 0 Å². The van der Waals surface area contributed by atoms with Crippen LogP contribution in [-0.2, 0) is 0 Å². The van der Waals surface area contributed by atoms with Gasteiger partial charge in [0.25, 0.3) is 0 Å². The Morgan fingerprint density at radius 1 is 1.88 bits per heavy atom. The summed E-state index contributed by atoms with van der Waals surface area (Å²) < 4.78 is 0. The number of rotatable bonds is 1. The van der Waals surface area contributed by atoms with Gasteiger partial charge in [-0.05, 0) is 6.42 Å². The lowest BCUT2D eigenvalue weighted by atomic mass is 10.2. The number of nitrogens with zero attached hydrogens (tertiary/aromatic N) is 2. The van der Waals surface area contributed by atoms with Crippen LogP contribution in [0, 0.1) is 0 Å². The van der Waals surface area contributed by atoms with E-state index in [-0.39, 0.29) is 0 Å². The summed E-state index contributed by atoms with van der Waals surface area (Å²) in [6.45, 7) is 2.19. The summed E-state index contributed by atoms with van der Waals surface area (Å²) in [6.07, 6.45) is 4.32. The molecule has 0 saturated heterocycles. The van der Waals surface area contributed by atoms with Crippen molar-refractivity contribution >= 4 is 6.21 Å². The minimum absolute atomic E-state index is 0.676. The molecule has 0 unspecified atom stereocenters. The molecule has 0 aromatic carbocycles. The lowest BCUT2D eigenvalue weighted by Crippen LogP contribution is -2.20. The first-order valence-corrected chi connectivity index (χ1v) is 3.10. The summed E-state index contributed by atoms with van der Waals surface area (Å²) in [5.41, 5.74) is 0. The highest BCUT2D eigenvalue weighted by Gasteiger charge is 2.12. The van der Waals surface area contributed by atoms with E-state index >= 15 is 0 Å². The molecule has 0 aromatic heterocycles. The van der Waals surface area contributed by atoms with E-state index in [0.717, 1.165) is 6.42 Å². The minimum Gasteiger partial charge on any atom is -0.297 e. The quantitative estimate of drug-likeness (QED) is 0.495. The molecule has 1 atom stereocenters. The van der Waals surface area contributed by atoms with Crippen LogP contribution in [0.5, 0.6) is 0 Å². The molecule has 2 nitrogen and oxygen atoms in total. The fourth-order valence-corrected chi connectivity index (χ4v) is 0.975. The topological polar surface area (TPSA) is 15.6 Å². The van der Waals surface area contributed by atoms with Gasteiger partial charge >= 0.3 is 0 Å². The van der Waals surface area contributed by atoms with E-state index in [0.29, 0.717) is 6.04 Å². The third kappa shape index (κ3) is 0.831. The molecule has 0 amide bonds. The largest absolute Gasteiger partial charge is 0.297 e. The van der Waals surface area contributed by atoms with Crippen LogP contribution in [0.4, 0.5) is 0 Å². The van der Waals surface area contributed by atoms with E-state index in [1.54, 1.807) is 0 Å². The van der Waals surface area contributed by atoms with Gasteiger partial charge in [-0.3, -0.25) is 5.01 Å². The number of hydrogen-bond donors (Lipinski definition) is 0. The fraction of sp³-hybridized carbons (Fsp3) is 0.833.